The average Bonchev–Trinajstić information content (AvgIpc) is 3.40. The molecule has 0 radical (unpaired) electrons. The molecule has 0 unspecified atom stereocenters. The van der Waals surface area contributed by atoms with Gasteiger partial charge in [-0.1, -0.05) is 0 Å². The third-order valence-corrected chi connectivity index (χ3v) is 5.71. The first-order valence-corrected chi connectivity index (χ1v) is 11.3. The van der Waals surface area contributed by atoms with Gasteiger partial charge in [-0.2, -0.15) is 9.78 Å². The van der Waals surface area contributed by atoms with E-state index >= 15 is 0 Å². The maximum Gasteiger partial charge on any atom is 0.346 e. The number of carbonyl (C=O) groups is 1. The quantitative estimate of drug-likeness (QED) is 0.315. The molecular formula is C26H20ClF2N3O3. The molecule has 0 spiro atoms. The molecule has 1 aromatic heterocycles. The van der Waals surface area contributed by atoms with E-state index in [4.69, 9.17) is 21.1 Å². The number of anilines is 1. The summed E-state index contributed by atoms with van der Waals surface area (Å²) in [5, 5.41) is 7.16. The van der Waals surface area contributed by atoms with E-state index in [-0.39, 0.29) is 5.88 Å². The molecule has 0 bridgehead atoms. The smallest absolute Gasteiger partial charge is 0.346 e. The second-order valence-electron chi connectivity index (χ2n) is 8.48. The van der Waals surface area contributed by atoms with Crippen LogP contribution in [0.1, 0.15) is 19.4 Å². The maximum atomic E-state index is 13.6. The summed E-state index contributed by atoms with van der Waals surface area (Å²) in [4.78, 5) is 12.9. The fourth-order valence-electron chi connectivity index (χ4n) is 3.86. The summed E-state index contributed by atoms with van der Waals surface area (Å²) in [5.74, 6) is -0.376. The molecule has 0 saturated carbocycles. The minimum Gasteiger partial charge on any atom is -0.449 e. The van der Waals surface area contributed by atoms with Crippen molar-refractivity contribution in [3.8, 4) is 33.9 Å². The molecule has 3 aromatic carbocycles. The van der Waals surface area contributed by atoms with Crippen molar-refractivity contribution in [2.75, 3.05) is 5.32 Å². The number of hydrogen-bond donors (Lipinski definition) is 1. The Bertz CT molecular complexity index is 1420. The number of aromatic nitrogens is 2. The number of ether oxygens (including phenoxy) is 2. The van der Waals surface area contributed by atoms with Crippen LogP contribution in [-0.2, 0) is 5.88 Å². The molecule has 1 N–H and O–H groups in total. The molecule has 1 aliphatic heterocycles. The number of carbonyl (C=O) groups excluding carboxylic acids is 1. The molecule has 0 atom stereocenters. The Kier molecular flexibility index (Phi) is 5.68. The molecule has 2 heterocycles. The summed E-state index contributed by atoms with van der Waals surface area (Å²) in [6.45, 7) is 3.60. The minimum absolute atomic E-state index is 0.181. The van der Waals surface area contributed by atoms with Gasteiger partial charge in [0.1, 0.15) is 17.3 Å². The summed E-state index contributed by atoms with van der Waals surface area (Å²) in [7, 11) is 0. The first kappa shape index (κ1) is 22.9. The van der Waals surface area contributed by atoms with E-state index < -0.39 is 23.5 Å². The van der Waals surface area contributed by atoms with Crippen molar-refractivity contribution in [2.45, 2.75) is 25.5 Å². The van der Waals surface area contributed by atoms with Crippen molar-refractivity contribution >= 4 is 23.3 Å². The lowest BCUT2D eigenvalue weighted by Crippen LogP contribution is -2.29. The fraction of sp³-hybridized carbons (Fsp3) is 0.154. The summed E-state index contributed by atoms with van der Waals surface area (Å²) < 4.78 is 39.8. The zero-order chi connectivity index (χ0) is 24.7. The van der Waals surface area contributed by atoms with Crippen molar-refractivity contribution in [2.24, 2.45) is 0 Å². The van der Waals surface area contributed by atoms with E-state index in [2.05, 4.69) is 10.4 Å². The first-order chi connectivity index (χ1) is 16.7. The van der Waals surface area contributed by atoms with Crippen LogP contribution < -0.4 is 14.8 Å². The lowest BCUT2D eigenvalue weighted by molar-refractivity contribution is -0.0434. The minimum atomic E-state index is -0.846. The van der Waals surface area contributed by atoms with Crippen molar-refractivity contribution < 1.29 is 23.0 Å². The number of alkyl halides is 1. The van der Waals surface area contributed by atoms with Crippen molar-refractivity contribution in [3.63, 3.8) is 0 Å². The zero-order valence-electron chi connectivity index (χ0n) is 18.8. The van der Waals surface area contributed by atoms with Crippen molar-refractivity contribution in [3.05, 3.63) is 84.1 Å². The van der Waals surface area contributed by atoms with Crippen LogP contribution in [0, 0.1) is 11.6 Å². The van der Waals surface area contributed by atoms with E-state index in [9.17, 15) is 13.6 Å². The predicted molar refractivity (Wildman–Crippen MR) is 129 cm³/mol. The Morgan fingerprint density at radius 1 is 1.00 bits per heavy atom. The number of amides is 1. The number of hydrogen-bond acceptors (Lipinski definition) is 4. The first-order valence-electron chi connectivity index (χ1n) is 10.8. The summed E-state index contributed by atoms with van der Waals surface area (Å²) in [6, 6.07) is 14.3. The van der Waals surface area contributed by atoms with Gasteiger partial charge in [0.15, 0.2) is 11.5 Å². The fourth-order valence-corrected chi connectivity index (χ4v) is 4.06. The number of rotatable bonds is 4. The Morgan fingerprint density at radius 2 is 1.66 bits per heavy atom. The molecule has 4 aromatic rings. The second-order valence-corrected chi connectivity index (χ2v) is 8.75. The number of halogens is 3. The van der Waals surface area contributed by atoms with E-state index in [1.165, 1.54) is 36.4 Å². The largest absolute Gasteiger partial charge is 0.449 e. The molecule has 178 valence electrons. The molecule has 5 rings (SSSR count). The van der Waals surface area contributed by atoms with Crippen LogP contribution in [-0.4, -0.2) is 21.6 Å². The van der Waals surface area contributed by atoms with E-state index in [1.54, 1.807) is 38.2 Å². The highest BCUT2D eigenvalue weighted by Crippen LogP contribution is 2.46. The number of fused-ring (bicyclic) bond motifs is 1. The van der Waals surface area contributed by atoms with E-state index in [0.29, 0.717) is 39.6 Å². The average molecular weight is 496 g/mol. The van der Waals surface area contributed by atoms with Gasteiger partial charge in [0.05, 0.1) is 5.88 Å². The van der Waals surface area contributed by atoms with Crippen LogP contribution in [0.2, 0.25) is 0 Å². The predicted octanol–water partition coefficient (Wildman–Crippen LogP) is 6.82. The van der Waals surface area contributed by atoms with Gasteiger partial charge < -0.3 is 14.8 Å². The van der Waals surface area contributed by atoms with E-state index in [1.807, 2.05) is 6.07 Å². The van der Waals surface area contributed by atoms with Gasteiger partial charge in [-0.25, -0.2) is 13.6 Å². The lowest BCUT2D eigenvalue weighted by atomic mass is 9.99. The van der Waals surface area contributed by atoms with Gasteiger partial charge >= 0.3 is 6.03 Å². The third kappa shape index (κ3) is 4.57. The monoisotopic (exact) mass is 495 g/mol. The molecule has 0 fully saturated rings. The van der Waals surface area contributed by atoms with Gasteiger partial charge in [-0.05, 0) is 66.2 Å². The SMILES string of the molecule is CC1(C)Oc2cc(-c3cn(C(=O)Nc4ccc(F)cc4)nc3-c3ccc(F)cc3)cc(CCl)c2O1. The number of nitrogens with one attached hydrogen (secondary N) is 1. The van der Waals surface area contributed by atoms with Crippen LogP contribution in [0.3, 0.4) is 0 Å². The summed E-state index contributed by atoms with van der Waals surface area (Å²) in [6.07, 6.45) is 1.57. The van der Waals surface area contributed by atoms with Crippen LogP contribution in [0.15, 0.2) is 66.9 Å². The highest BCUT2D eigenvalue weighted by Gasteiger charge is 2.34. The highest BCUT2D eigenvalue weighted by atomic mass is 35.5. The second kappa shape index (κ2) is 8.70. The van der Waals surface area contributed by atoms with Crippen molar-refractivity contribution in [1.29, 1.82) is 0 Å². The van der Waals surface area contributed by atoms with Gasteiger partial charge in [-0.3, -0.25) is 0 Å². The van der Waals surface area contributed by atoms with Crippen molar-refractivity contribution in [1.82, 2.24) is 9.78 Å². The van der Waals surface area contributed by atoms with Gasteiger partial charge in [0.25, 0.3) is 0 Å². The Labute approximate surface area is 205 Å². The molecule has 1 amide bonds. The topological polar surface area (TPSA) is 65.4 Å². The molecule has 1 aliphatic rings. The number of benzene rings is 3. The lowest BCUT2D eigenvalue weighted by Gasteiger charge is -2.16. The Hall–Kier alpha value is -3.91. The maximum absolute atomic E-state index is 13.6. The van der Waals surface area contributed by atoms with Gasteiger partial charge in [0.2, 0.25) is 5.79 Å². The summed E-state index contributed by atoms with van der Waals surface area (Å²) in [5.41, 5.74) is 3.50. The van der Waals surface area contributed by atoms with Crippen LogP contribution in [0.4, 0.5) is 19.3 Å². The normalized spacial score (nSPS) is 13.6. The molecular weight excluding hydrogens is 476 g/mol. The summed E-state index contributed by atoms with van der Waals surface area (Å²) >= 11 is 6.21. The van der Waals surface area contributed by atoms with Crippen LogP contribution >= 0.6 is 11.6 Å². The van der Waals surface area contributed by atoms with Crippen LogP contribution in [0.5, 0.6) is 11.5 Å². The third-order valence-electron chi connectivity index (χ3n) is 5.43. The van der Waals surface area contributed by atoms with Crippen LogP contribution in [0.25, 0.3) is 22.4 Å². The Morgan fingerprint density at radius 3 is 2.31 bits per heavy atom. The van der Waals surface area contributed by atoms with Gasteiger partial charge in [0, 0.05) is 42.4 Å². The molecule has 35 heavy (non-hydrogen) atoms. The standard InChI is InChI=1S/C26H20ClF2N3O3/c1-26(2)34-22-12-16(11-17(13-27)24(22)35-26)21-14-32(25(33)30-20-9-7-19(29)8-10-20)31-23(21)15-3-5-18(28)6-4-15/h3-12,14H,13H2,1-2H3,(H,30,33). The highest BCUT2D eigenvalue weighted by molar-refractivity contribution is 6.17. The number of nitrogens with zero attached hydrogens (tertiary/aromatic N) is 2. The van der Waals surface area contributed by atoms with Gasteiger partial charge in [-0.15, -0.1) is 11.6 Å². The zero-order valence-corrected chi connectivity index (χ0v) is 19.6. The molecule has 6 nitrogen and oxygen atoms in total. The van der Waals surface area contributed by atoms with E-state index in [0.717, 1.165) is 10.2 Å². The molecule has 0 aliphatic carbocycles. The Balaban J connectivity index is 1.60. The molecule has 9 heteroatoms. The molecule has 0 saturated heterocycles.